The van der Waals surface area contributed by atoms with Crippen LogP contribution in [-0.4, -0.2) is 22.1 Å². The Kier molecular flexibility index (Phi) is 3.93. The molecule has 4 N–H and O–H groups in total. The Labute approximate surface area is 98.9 Å². The highest BCUT2D eigenvalue weighted by atomic mass is 35.5. The summed E-state index contributed by atoms with van der Waals surface area (Å²) in [5.74, 6) is -0.972. The number of carboxylic acids is 1. The number of hydrogen-bond donors (Lipinski definition) is 3. The summed E-state index contributed by atoms with van der Waals surface area (Å²) in [4.78, 5) is 13.7. The van der Waals surface area contributed by atoms with Gasteiger partial charge in [0.2, 0.25) is 0 Å². The van der Waals surface area contributed by atoms with Gasteiger partial charge in [0.25, 0.3) is 0 Å². The first kappa shape index (κ1) is 12.5. The maximum atomic E-state index is 10.6. The predicted molar refractivity (Wildman–Crippen MR) is 64.9 cm³/mol. The number of carbonyl (C=O) groups is 1. The predicted octanol–water partition coefficient (Wildman–Crippen LogP) is 1.54. The summed E-state index contributed by atoms with van der Waals surface area (Å²) in [6, 6.07) is 6.91. The van der Waals surface area contributed by atoms with Crippen LogP contribution in [0.3, 0.4) is 0 Å². The molecule has 2 rings (SSSR count). The number of benzene rings is 1. The molecule has 1 aromatic heterocycles. The third kappa shape index (κ3) is 2.35. The number of rotatable bonds is 3. The van der Waals surface area contributed by atoms with Gasteiger partial charge in [-0.3, -0.25) is 4.79 Å². The van der Waals surface area contributed by atoms with E-state index >= 15 is 0 Å². The highest BCUT2D eigenvalue weighted by Crippen LogP contribution is 2.18. The second-order valence-corrected chi connectivity index (χ2v) is 3.51. The molecule has 4 nitrogen and oxygen atoms in total. The first-order valence-corrected chi connectivity index (χ1v) is 4.72. The normalized spacial score (nSPS) is 12.1. The fourth-order valence-electron chi connectivity index (χ4n) is 1.62. The van der Waals surface area contributed by atoms with Crippen molar-refractivity contribution in [3.8, 4) is 0 Å². The first-order chi connectivity index (χ1) is 7.18. The number of para-hydroxylation sites is 1. The minimum absolute atomic E-state index is 0. The third-order valence-corrected chi connectivity index (χ3v) is 2.43. The zero-order chi connectivity index (χ0) is 10.8. The first-order valence-electron chi connectivity index (χ1n) is 4.72. The molecule has 0 aliphatic carbocycles. The monoisotopic (exact) mass is 240 g/mol. The second-order valence-electron chi connectivity index (χ2n) is 3.51. The molecule has 0 aliphatic heterocycles. The summed E-state index contributed by atoms with van der Waals surface area (Å²) in [6.07, 6.45) is 2.16. The minimum Gasteiger partial charge on any atom is -0.480 e. The Morgan fingerprint density at radius 3 is 2.81 bits per heavy atom. The van der Waals surface area contributed by atoms with E-state index in [1.807, 2.05) is 30.5 Å². The lowest BCUT2D eigenvalue weighted by molar-refractivity contribution is -0.138. The summed E-state index contributed by atoms with van der Waals surface area (Å²) in [5, 5.41) is 9.75. The fourth-order valence-corrected chi connectivity index (χ4v) is 1.62. The number of aromatic amines is 1. The van der Waals surface area contributed by atoms with E-state index in [2.05, 4.69) is 4.98 Å². The Balaban J connectivity index is 0.00000128. The van der Waals surface area contributed by atoms with Crippen LogP contribution in [0.2, 0.25) is 0 Å². The number of hydrogen-bond acceptors (Lipinski definition) is 2. The Morgan fingerprint density at radius 1 is 1.44 bits per heavy atom. The summed E-state index contributed by atoms with van der Waals surface area (Å²) in [5.41, 5.74) is 7.43. The molecule has 0 spiro atoms. The lowest BCUT2D eigenvalue weighted by Crippen LogP contribution is -2.32. The number of aromatic nitrogens is 1. The molecule has 0 aliphatic rings. The number of H-pyrrole nitrogens is 1. The molecule has 0 saturated carbocycles. The van der Waals surface area contributed by atoms with Crippen LogP contribution in [0, 0.1) is 0 Å². The van der Waals surface area contributed by atoms with E-state index in [4.69, 9.17) is 10.8 Å². The van der Waals surface area contributed by atoms with Gasteiger partial charge < -0.3 is 15.8 Å². The van der Waals surface area contributed by atoms with Crippen LogP contribution in [0.1, 0.15) is 5.56 Å². The van der Waals surface area contributed by atoms with Crippen molar-refractivity contribution in [1.82, 2.24) is 4.98 Å². The molecule has 0 fully saturated rings. The van der Waals surface area contributed by atoms with E-state index < -0.39 is 12.0 Å². The average molecular weight is 241 g/mol. The van der Waals surface area contributed by atoms with Gasteiger partial charge in [0.05, 0.1) is 0 Å². The van der Waals surface area contributed by atoms with Gasteiger partial charge in [-0.05, 0) is 11.6 Å². The van der Waals surface area contributed by atoms with Crippen molar-refractivity contribution in [3.05, 3.63) is 36.0 Å². The Bertz CT molecular complexity index is 495. The second kappa shape index (κ2) is 5.01. The number of nitrogens with two attached hydrogens (primary N) is 1. The molecule has 0 amide bonds. The largest absolute Gasteiger partial charge is 0.480 e. The van der Waals surface area contributed by atoms with Gasteiger partial charge in [-0.15, -0.1) is 12.4 Å². The van der Waals surface area contributed by atoms with E-state index in [9.17, 15) is 4.79 Å². The molecule has 5 heteroatoms. The lowest BCUT2D eigenvalue weighted by Gasteiger charge is -2.04. The van der Waals surface area contributed by atoms with Crippen LogP contribution >= 0.6 is 12.4 Å². The van der Waals surface area contributed by atoms with Crippen LogP contribution in [0.5, 0.6) is 0 Å². The van der Waals surface area contributed by atoms with Crippen molar-refractivity contribution in [2.45, 2.75) is 12.5 Å². The van der Waals surface area contributed by atoms with E-state index in [1.54, 1.807) is 0 Å². The quantitative estimate of drug-likeness (QED) is 0.762. The molecule has 0 radical (unpaired) electrons. The van der Waals surface area contributed by atoms with Gasteiger partial charge in [0.1, 0.15) is 6.04 Å². The van der Waals surface area contributed by atoms with Crippen molar-refractivity contribution < 1.29 is 9.90 Å². The van der Waals surface area contributed by atoms with E-state index in [-0.39, 0.29) is 12.4 Å². The van der Waals surface area contributed by atoms with Crippen molar-refractivity contribution in [2.24, 2.45) is 5.73 Å². The van der Waals surface area contributed by atoms with E-state index in [1.165, 1.54) is 0 Å². The van der Waals surface area contributed by atoms with Crippen LogP contribution in [0.15, 0.2) is 30.5 Å². The van der Waals surface area contributed by atoms with Gasteiger partial charge in [-0.25, -0.2) is 0 Å². The molecule has 86 valence electrons. The minimum atomic E-state index is -0.972. The standard InChI is InChI=1S/C11H12N2O2.ClH/c12-9(11(14)15)5-7-6-13-10-4-2-1-3-8(7)10;/h1-4,6,9,13H,5,12H2,(H,14,15);1H/t9-;/m1./s1. The Morgan fingerprint density at radius 2 is 2.12 bits per heavy atom. The molecule has 1 aromatic carbocycles. The molecule has 16 heavy (non-hydrogen) atoms. The van der Waals surface area contributed by atoms with Crippen molar-refractivity contribution in [1.29, 1.82) is 0 Å². The SMILES string of the molecule is Cl.N[C@H](Cc1c[nH]c2ccccc12)C(=O)O. The number of carboxylic acid groups (broad SMARTS) is 1. The molecule has 0 bridgehead atoms. The lowest BCUT2D eigenvalue weighted by atomic mass is 10.1. The maximum Gasteiger partial charge on any atom is 0.320 e. The average Bonchev–Trinajstić information content (AvgIpc) is 2.62. The topological polar surface area (TPSA) is 79.1 Å². The number of nitrogens with one attached hydrogen (secondary N) is 1. The third-order valence-electron chi connectivity index (χ3n) is 2.43. The Hall–Kier alpha value is -1.52. The van der Waals surface area contributed by atoms with Crippen molar-refractivity contribution in [2.75, 3.05) is 0 Å². The number of fused-ring (bicyclic) bond motifs is 1. The zero-order valence-corrected chi connectivity index (χ0v) is 9.33. The highest BCUT2D eigenvalue weighted by molar-refractivity contribution is 5.85. The summed E-state index contributed by atoms with van der Waals surface area (Å²) >= 11 is 0. The molecular weight excluding hydrogens is 228 g/mol. The van der Waals surface area contributed by atoms with Crippen molar-refractivity contribution in [3.63, 3.8) is 0 Å². The van der Waals surface area contributed by atoms with Crippen LogP contribution in [0.25, 0.3) is 10.9 Å². The van der Waals surface area contributed by atoms with Gasteiger partial charge in [-0.1, -0.05) is 18.2 Å². The van der Waals surface area contributed by atoms with Crippen LogP contribution < -0.4 is 5.73 Å². The summed E-state index contributed by atoms with van der Waals surface area (Å²) in [7, 11) is 0. The van der Waals surface area contributed by atoms with Gasteiger partial charge in [-0.2, -0.15) is 0 Å². The number of halogens is 1. The molecule has 2 aromatic rings. The maximum absolute atomic E-state index is 10.6. The summed E-state index contributed by atoms with van der Waals surface area (Å²) < 4.78 is 0. The molecule has 0 unspecified atom stereocenters. The van der Waals surface area contributed by atoms with Crippen LogP contribution in [0.4, 0.5) is 0 Å². The van der Waals surface area contributed by atoms with Crippen molar-refractivity contribution >= 4 is 29.3 Å². The van der Waals surface area contributed by atoms with Gasteiger partial charge in [0.15, 0.2) is 0 Å². The van der Waals surface area contributed by atoms with Crippen LogP contribution in [-0.2, 0) is 11.2 Å². The van der Waals surface area contributed by atoms with E-state index in [0.717, 1.165) is 16.5 Å². The smallest absolute Gasteiger partial charge is 0.320 e. The highest BCUT2D eigenvalue weighted by Gasteiger charge is 2.14. The molecule has 1 heterocycles. The molecular formula is C11H13ClN2O2. The van der Waals surface area contributed by atoms with Gasteiger partial charge >= 0.3 is 5.97 Å². The molecule has 0 saturated heterocycles. The fraction of sp³-hybridized carbons (Fsp3) is 0.182. The summed E-state index contributed by atoms with van der Waals surface area (Å²) in [6.45, 7) is 0. The number of aliphatic carboxylic acids is 1. The van der Waals surface area contributed by atoms with E-state index in [0.29, 0.717) is 6.42 Å². The van der Waals surface area contributed by atoms with Gasteiger partial charge in [0, 0.05) is 23.5 Å². The molecule has 1 atom stereocenters. The zero-order valence-electron chi connectivity index (χ0n) is 8.51.